The lowest BCUT2D eigenvalue weighted by Crippen LogP contribution is -2.54. The van der Waals surface area contributed by atoms with Crippen LogP contribution < -0.4 is 26.7 Å². The van der Waals surface area contributed by atoms with Gasteiger partial charge in [0.2, 0.25) is 5.60 Å². The molecule has 0 unspecified atom stereocenters. The van der Waals surface area contributed by atoms with Gasteiger partial charge in [0.1, 0.15) is 66.6 Å². The SMILES string of the molecule is C=C(COC(=O)N(CC(=O)O[C@]1(CC)C(=O)OCc2c1cc1n(c2=O)Cc2c-1nc1cc(F)c(C)c3c1c2[C@@H](N)CC3)C(C)C)C(=O)N1CCN(c2nc(OC[C@@]34CCCN3C[C@H](F)C4)nc3c(F)c(-c4ccc(F)c5sc(N)c(C#N)c45)c(Cl)cc23)[C@@H](C)C1. The fourth-order valence-corrected chi connectivity index (χ4v) is 15.6. The molecule has 0 saturated carbocycles. The number of hydrogen-bond acceptors (Lipinski definition) is 18. The maximum atomic E-state index is 17.5. The number of aryl methyl sites for hydroxylation is 1. The first-order chi connectivity index (χ1) is 43.0. The van der Waals surface area contributed by atoms with E-state index in [2.05, 4.69) is 16.5 Å². The van der Waals surface area contributed by atoms with Gasteiger partial charge in [-0.05, 0) is 107 Å². The predicted molar refractivity (Wildman–Crippen MR) is 327 cm³/mol. The second-order valence-corrected chi connectivity index (χ2v) is 25.9. The molecule has 7 aromatic rings. The van der Waals surface area contributed by atoms with Gasteiger partial charge in [-0.1, -0.05) is 31.2 Å². The van der Waals surface area contributed by atoms with Crippen LogP contribution in [0.2, 0.25) is 5.02 Å². The number of amides is 2. The number of alkyl halides is 1. The van der Waals surface area contributed by atoms with Crippen LogP contribution in [0.1, 0.15) is 105 Å². The third-order valence-electron chi connectivity index (χ3n) is 19.0. The highest BCUT2D eigenvalue weighted by atomic mass is 35.5. The number of pyridine rings is 2. The first kappa shape index (κ1) is 60.5. The van der Waals surface area contributed by atoms with Gasteiger partial charge in [-0.3, -0.25) is 24.2 Å². The maximum Gasteiger partial charge on any atom is 0.410 e. The van der Waals surface area contributed by atoms with Crippen LogP contribution in [0.4, 0.5) is 33.2 Å². The number of nitrogens with zero attached hydrogens (tertiary/aromatic N) is 9. The zero-order valence-corrected chi connectivity index (χ0v) is 51.4. The summed E-state index contributed by atoms with van der Waals surface area (Å²) in [5.74, 6) is -4.29. The van der Waals surface area contributed by atoms with Crippen LogP contribution in [0.15, 0.2) is 47.3 Å². The summed E-state index contributed by atoms with van der Waals surface area (Å²) >= 11 is 7.85. The molecule has 3 aromatic carbocycles. The molecule has 6 aliphatic rings. The molecule has 1 aliphatic carbocycles. The number of thiophene rings is 1. The van der Waals surface area contributed by atoms with Gasteiger partial charge in [-0.25, -0.2) is 32.1 Å². The summed E-state index contributed by atoms with van der Waals surface area (Å²) in [7, 11) is 0. The molecule has 9 heterocycles. The number of nitrogen functional groups attached to an aromatic ring is 1. The van der Waals surface area contributed by atoms with E-state index in [1.807, 2.05) is 17.9 Å². The lowest BCUT2D eigenvalue weighted by Gasteiger charge is -2.41. The molecule has 468 valence electrons. The fraction of sp³-hybridized carbons (Fsp3) is 0.422. The van der Waals surface area contributed by atoms with Gasteiger partial charge in [0.05, 0.1) is 49.8 Å². The number of fused-ring (bicyclic) bond motifs is 8. The van der Waals surface area contributed by atoms with Crippen molar-refractivity contribution in [3.63, 3.8) is 0 Å². The zero-order chi connectivity index (χ0) is 63.7. The number of carbonyl (C=O) groups is 4. The minimum absolute atomic E-state index is 0.0224. The number of benzene rings is 3. The largest absolute Gasteiger partial charge is 0.461 e. The number of anilines is 2. The molecule has 5 aliphatic heterocycles. The van der Waals surface area contributed by atoms with Crippen LogP contribution in [0.25, 0.3) is 54.4 Å². The Morgan fingerprint density at radius 3 is 2.58 bits per heavy atom. The smallest absolute Gasteiger partial charge is 0.410 e. The molecule has 0 spiro atoms. The first-order valence-electron chi connectivity index (χ1n) is 29.8. The lowest BCUT2D eigenvalue weighted by atomic mass is 9.82. The number of cyclic esters (lactones) is 1. The highest BCUT2D eigenvalue weighted by Gasteiger charge is 2.52. The normalized spacial score (nSPS) is 21.7. The number of ether oxygens (including phenoxy) is 4. The molecule has 4 N–H and O–H groups in total. The molecular formula is C64H62ClF4N11O9S. The summed E-state index contributed by atoms with van der Waals surface area (Å²) in [6, 6.07) is 7.10. The average molecular weight is 1270 g/mol. The topological polar surface area (TPSA) is 255 Å². The molecule has 20 nitrogen and oxygen atoms in total. The second kappa shape index (κ2) is 22.5. The van der Waals surface area contributed by atoms with Crippen molar-refractivity contribution in [1.82, 2.24) is 34.2 Å². The van der Waals surface area contributed by atoms with Crippen molar-refractivity contribution in [3.05, 3.63) is 114 Å². The minimum atomic E-state index is -2.13. The third kappa shape index (κ3) is 9.57. The third-order valence-corrected chi connectivity index (χ3v) is 20.3. The Morgan fingerprint density at radius 1 is 1.04 bits per heavy atom. The maximum absolute atomic E-state index is 17.5. The van der Waals surface area contributed by atoms with Crippen molar-refractivity contribution in [3.8, 4) is 34.6 Å². The van der Waals surface area contributed by atoms with E-state index in [0.29, 0.717) is 53.8 Å². The van der Waals surface area contributed by atoms with Crippen molar-refractivity contribution >= 4 is 89.6 Å². The Balaban J connectivity index is 0.715. The number of esters is 2. The molecule has 2 amide bonds. The molecule has 3 saturated heterocycles. The number of piperazine rings is 1. The van der Waals surface area contributed by atoms with E-state index in [4.69, 9.17) is 52.0 Å². The minimum Gasteiger partial charge on any atom is -0.461 e. The van der Waals surface area contributed by atoms with Crippen molar-refractivity contribution in [1.29, 1.82) is 5.26 Å². The highest BCUT2D eigenvalue weighted by molar-refractivity contribution is 7.23. The van der Waals surface area contributed by atoms with E-state index in [1.165, 1.54) is 27.7 Å². The molecule has 5 atom stereocenters. The monoisotopic (exact) mass is 1270 g/mol. The second-order valence-electron chi connectivity index (χ2n) is 24.5. The van der Waals surface area contributed by atoms with Crippen LogP contribution in [0.3, 0.4) is 0 Å². The van der Waals surface area contributed by atoms with Crippen LogP contribution >= 0.6 is 22.9 Å². The van der Waals surface area contributed by atoms with Crippen molar-refractivity contribution in [2.24, 2.45) is 5.73 Å². The zero-order valence-electron chi connectivity index (χ0n) is 49.9. The van der Waals surface area contributed by atoms with Crippen LogP contribution in [0.5, 0.6) is 6.01 Å². The van der Waals surface area contributed by atoms with E-state index in [1.54, 1.807) is 33.8 Å². The molecule has 26 heteroatoms. The molecular weight excluding hydrogens is 1210 g/mol. The number of hydrogen-bond donors (Lipinski definition) is 2. The molecule has 4 aromatic heterocycles. The van der Waals surface area contributed by atoms with Crippen molar-refractivity contribution in [2.75, 3.05) is 63.1 Å². The van der Waals surface area contributed by atoms with Gasteiger partial charge in [-0.15, -0.1) is 11.3 Å². The van der Waals surface area contributed by atoms with Crippen molar-refractivity contribution in [2.45, 2.75) is 122 Å². The standard InChI is InChI=1S/C64H62ClF4N11O9S/c1-7-64(40-18-46-53-38(24-80(46)59(83)39(40)27-86-60(64)84)50-44(71)12-10-34-32(6)43(68)19-45(73-53)51(34)50)89-47(81)25-79(29(2)3)62(85)87-26-30(4)58(82)76-15-16-78(31(5)22-76)57-36-17-41(65)49(35-9-11-42(67)55-48(35)37(21-70)56(72)90-55)52(69)54(36)74-61(75-57)88-28-63-13-8-14-77(63)23-33(66)20-63/h9,11,17-19,29,31,33,44H,4,7-8,10,12-16,20,22-28,71-72H2,1-3,5-6H3/t31-,33+,44-,63-,64-/m0/s1. The summed E-state index contributed by atoms with van der Waals surface area (Å²) in [5.41, 5.74) is 13.4. The van der Waals surface area contributed by atoms with Gasteiger partial charge in [0, 0.05) is 95.2 Å². The van der Waals surface area contributed by atoms with E-state index in [9.17, 15) is 33.6 Å². The van der Waals surface area contributed by atoms with E-state index < -0.39 is 102 Å². The van der Waals surface area contributed by atoms with E-state index >= 15 is 13.2 Å². The fourth-order valence-electron chi connectivity index (χ4n) is 14.4. The Labute approximate surface area is 521 Å². The Hall–Kier alpha value is -8.44. The van der Waals surface area contributed by atoms with Crippen LogP contribution in [-0.2, 0) is 53.8 Å². The first-order valence-corrected chi connectivity index (χ1v) is 31.0. The summed E-state index contributed by atoms with van der Waals surface area (Å²) < 4.78 is 88.1. The number of aromatic nitrogens is 4. The predicted octanol–water partition coefficient (Wildman–Crippen LogP) is 9.33. The van der Waals surface area contributed by atoms with E-state index in [0.717, 1.165) is 45.2 Å². The number of nitriles is 1. The van der Waals surface area contributed by atoms with E-state index in [-0.39, 0.29) is 128 Å². The Kier molecular flexibility index (Phi) is 15.1. The van der Waals surface area contributed by atoms with Gasteiger partial charge in [0.25, 0.3) is 11.5 Å². The summed E-state index contributed by atoms with van der Waals surface area (Å²) in [6.45, 7) is 12.0. The lowest BCUT2D eigenvalue weighted by molar-refractivity contribution is -0.190. The molecule has 3 fully saturated rings. The number of nitrogens with two attached hydrogens (primary N) is 2. The average Bonchev–Trinajstić information content (AvgIpc) is 1.53. The summed E-state index contributed by atoms with van der Waals surface area (Å²) in [4.78, 5) is 91.5. The Morgan fingerprint density at radius 2 is 1.83 bits per heavy atom. The number of carbonyl (C=O) groups excluding carboxylic acids is 4. The molecule has 0 radical (unpaired) electrons. The van der Waals surface area contributed by atoms with Gasteiger partial charge in [-0.2, -0.15) is 15.2 Å². The number of rotatable bonds is 13. The van der Waals surface area contributed by atoms with Gasteiger partial charge in [0.15, 0.2) is 5.82 Å². The molecule has 90 heavy (non-hydrogen) atoms. The molecule has 0 bridgehead atoms. The summed E-state index contributed by atoms with van der Waals surface area (Å²) in [6.07, 6.45) is 0.649. The quantitative estimate of drug-likeness (QED) is 0.0472. The van der Waals surface area contributed by atoms with Crippen molar-refractivity contribution < 1.29 is 55.7 Å². The van der Waals surface area contributed by atoms with Gasteiger partial charge < -0.3 is 44.8 Å². The van der Waals surface area contributed by atoms with Crippen LogP contribution in [-0.4, -0.2) is 134 Å². The number of halogens is 5. The summed E-state index contributed by atoms with van der Waals surface area (Å²) in [5, 5.41) is 11.1. The van der Waals surface area contributed by atoms with Gasteiger partial charge >= 0.3 is 24.0 Å². The highest BCUT2D eigenvalue weighted by Crippen LogP contribution is 2.49. The van der Waals surface area contributed by atoms with Crippen LogP contribution in [0, 0.1) is 35.7 Å². The molecule has 13 rings (SSSR count). The Bertz CT molecular complexity index is 4420.